The third kappa shape index (κ3) is 2.48. The van der Waals surface area contributed by atoms with Gasteiger partial charge in [0.05, 0.1) is 13.2 Å². The van der Waals surface area contributed by atoms with E-state index in [1.54, 1.807) is 13.2 Å². The lowest BCUT2D eigenvalue weighted by Crippen LogP contribution is -2.52. The highest BCUT2D eigenvalue weighted by Crippen LogP contribution is 2.44. The molecule has 5 atom stereocenters. The van der Waals surface area contributed by atoms with Gasteiger partial charge in [-0.2, -0.15) is 0 Å². The van der Waals surface area contributed by atoms with Crippen LogP contribution < -0.4 is 4.74 Å². The van der Waals surface area contributed by atoms with E-state index in [9.17, 15) is 15.0 Å². The van der Waals surface area contributed by atoms with E-state index >= 15 is 0 Å². The molecule has 2 aliphatic rings. The van der Waals surface area contributed by atoms with Crippen LogP contribution in [0.4, 0.5) is 0 Å². The van der Waals surface area contributed by atoms with Crippen molar-refractivity contribution in [2.24, 2.45) is 5.92 Å². The van der Waals surface area contributed by atoms with Crippen LogP contribution in [-0.4, -0.2) is 46.4 Å². The number of aliphatic carboxylic acids is 1. The number of carbonyl (C=O) groups is 1. The zero-order valence-corrected chi connectivity index (χ0v) is 13.0. The van der Waals surface area contributed by atoms with Gasteiger partial charge in [0.1, 0.15) is 11.8 Å². The first-order valence-electron chi connectivity index (χ1n) is 7.85. The average molecular weight is 305 g/mol. The summed E-state index contributed by atoms with van der Waals surface area (Å²) in [5.41, 5.74) is 0.743. The molecule has 2 N–H and O–H groups in total. The number of hydrogen-bond acceptors (Lipinski definition) is 4. The normalized spacial score (nSPS) is 32.7. The molecule has 2 bridgehead atoms. The Balaban J connectivity index is 1.96. The standard InChI is InChI=1S/C17H23NO4/c1-10-14-7-6-12(9-15(10)19)18(14)16(17(20)21)11-4-3-5-13(8-11)22-2/h3-5,8,10,12,14-16,19H,6-7,9H2,1-2H3,(H,20,21). The zero-order valence-electron chi connectivity index (χ0n) is 13.0. The summed E-state index contributed by atoms with van der Waals surface area (Å²) in [6, 6.07) is 6.88. The highest BCUT2D eigenvalue weighted by molar-refractivity contribution is 5.76. The number of benzene rings is 1. The average Bonchev–Trinajstić information content (AvgIpc) is 2.82. The van der Waals surface area contributed by atoms with Crippen LogP contribution in [0.1, 0.15) is 37.8 Å². The van der Waals surface area contributed by atoms with E-state index in [1.165, 1.54) is 0 Å². The van der Waals surface area contributed by atoms with E-state index in [4.69, 9.17) is 4.74 Å². The Morgan fingerprint density at radius 1 is 1.41 bits per heavy atom. The first-order valence-corrected chi connectivity index (χ1v) is 7.85. The molecular weight excluding hydrogens is 282 g/mol. The number of piperidine rings is 1. The summed E-state index contributed by atoms with van der Waals surface area (Å²) in [5.74, 6) is -0.0684. The zero-order chi connectivity index (χ0) is 15.9. The van der Waals surface area contributed by atoms with Crippen molar-refractivity contribution in [3.8, 4) is 5.75 Å². The smallest absolute Gasteiger partial charge is 0.325 e. The highest BCUT2D eigenvalue weighted by atomic mass is 16.5. The number of methoxy groups -OCH3 is 1. The lowest BCUT2D eigenvalue weighted by molar-refractivity contribution is -0.148. The molecule has 2 fully saturated rings. The maximum absolute atomic E-state index is 12.0. The monoisotopic (exact) mass is 305 g/mol. The van der Waals surface area contributed by atoms with Gasteiger partial charge >= 0.3 is 5.97 Å². The fourth-order valence-electron chi connectivity index (χ4n) is 4.11. The molecule has 1 aromatic carbocycles. The Hall–Kier alpha value is -1.59. The number of aliphatic hydroxyl groups is 1. The summed E-state index contributed by atoms with van der Waals surface area (Å²) >= 11 is 0. The van der Waals surface area contributed by atoms with E-state index in [-0.39, 0.29) is 24.1 Å². The first-order chi connectivity index (χ1) is 10.5. The molecule has 5 heteroatoms. The molecule has 120 valence electrons. The predicted molar refractivity (Wildman–Crippen MR) is 81.8 cm³/mol. The fraction of sp³-hybridized carbons (Fsp3) is 0.588. The fourth-order valence-corrected chi connectivity index (χ4v) is 4.11. The number of rotatable bonds is 4. The van der Waals surface area contributed by atoms with Crippen LogP contribution >= 0.6 is 0 Å². The minimum atomic E-state index is -0.839. The summed E-state index contributed by atoms with van der Waals surface area (Å²) < 4.78 is 5.23. The molecule has 0 aromatic heterocycles. The van der Waals surface area contributed by atoms with Crippen molar-refractivity contribution in [2.45, 2.75) is 50.4 Å². The Kier molecular flexibility index (Phi) is 4.10. The van der Waals surface area contributed by atoms with Gasteiger partial charge in [0, 0.05) is 12.1 Å². The van der Waals surface area contributed by atoms with E-state index in [2.05, 4.69) is 4.90 Å². The SMILES string of the molecule is COc1cccc(C(C(=O)O)N2C3CCC2C(C)C(O)C3)c1. The van der Waals surface area contributed by atoms with Gasteiger partial charge in [0.25, 0.3) is 0 Å². The molecule has 2 aliphatic heterocycles. The van der Waals surface area contributed by atoms with E-state index < -0.39 is 12.0 Å². The lowest BCUT2D eigenvalue weighted by Gasteiger charge is -2.44. The van der Waals surface area contributed by atoms with Crippen molar-refractivity contribution in [1.82, 2.24) is 4.90 Å². The maximum Gasteiger partial charge on any atom is 0.325 e. The molecular formula is C17H23NO4. The number of nitrogens with zero attached hydrogens (tertiary/aromatic N) is 1. The molecule has 3 rings (SSSR count). The second-order valence-electron chi connectivity index (χ2n) is 6.43. The second-order valence-corrected chi connectivity index (χ2v) is 6.43. The number of ether oxygens (including phenoxy) is 1. The van der Waals surface area contributed by atoms with Gasteiger partial charge in [0.15, 0.2) is 0 Å². The number of carboxylic acids is 1. The first kappa shape index (κ1) is 15.3. The number of hydrogen-bond donors (Lipinski definition) is 2. The Morgan fingerprint density at radius 3 is 2.86 bits per heavy atom. The molecule has 0 radical (unpaired) electrons. The van der Waals surface area contributed by atoms with Crippen molar-refractivity contribution >= 4 is 5.97 Å². The molecule has 0 saturated carbocycles. The molecule has 1 aromatic rings. The van der Waals surface area contributed by atoms with Gasteiger partial charge in [-0.05, 0) is 42.9 Å². The van der Waals surface area contributed by atoms with Crippen molar-refractivity contribution in [3.63, 3.8) is 0 Å². The molecule has 5 unspecified atom stereocenters. The van der Waals surface area contributed by atoms with Gasteiger partial charge in [-0.3, -0.25) is 9.69 Å². The van der Waals surface area contributed by atoms with Gasteiger partial charge in [0.2, 0.25) is 0 Å². The van der Waals surface area contributed by atoms with Crippen molar-refractivity contribution in [3.05, 3.63) is 29.8 Å². The Labute approximate surface area is 130 Å². The van der Waals surface area contributed by atoms with Crippen LogP contribution in [0.15, 0.2) is 24.3 Å². The Bertz CT molecular complexity index is 561. The van der Waals surface area contributed by atoms with Crippen molar-refractivity contribution in [2.75, 3.05) is 7.11 Å². The minimum Gasteiger partial charge on any atom is -0.497 e. The predicted octanol–water partition coefficient (Wildman–Crippen LogP) is 2.05. The van der Waals surface area contributed by atoms with Gasteiger partial charge < -0.3 is 14.9 Å². The summed E-state index contributed by atoms with van der Waals surface area (Å²) in [5, 5.41) is 20.0. The minimum absolute atomic E-state index is 0.103. The Morgan fingerprint density at radius 2 is 2.18 bits per heavy atom. The number of carboxylic acid groups (broad SMARTS) is 1. The van der Waals surface area contributed by atoms with Crippen LogP contribution in [0.25, 0.3) is 0 Å². The third-order valence-corrected chi connectivity index (χ3v) is 5.27. The van der Waals surface area contributed by atoms with E-state index in [1.807, 2.05) is 25.1 Å². The quantitative estimate of drug-likeness (QED) is 0.891. The third-order valence-electron chi connectivity index (χ3n) is 5.27. The number of fused-ring (bicyclic) bond motifs is 2. The summed E-state index contributed by atoms with van der Waals surface area (Å²) in [4.78, 5) is 14.1. The summed E-state index contributed by atoms with van der Waals surface area (Å²) in [7, 11) is 1.58. The summed E-state index contributed by atoms with van der Waals surface area (Å²) in [6.07, 6.45) is 2.25. The highest BCUT2D eigenvalue weighted by Gasteiger charge is 2.49. The van der Waals surface area contributed by atoms with Crippen LogP contribution in [-0.2, 0) is 4.79 Å². The van der Waals surface area contributed by atoms with Crippen molar-refractivity contribution in [1.29, 1.82) is 0 Å². The molecule has 0 spiro atoms. The molecule has 5 nitrogen and oxygen atoms in total. The van der Waals surface area contributed by atoms with Gasteiger partial charge in [-0.1, -0.05) is 19.1 Å². The van der Waals surface area contributed by atoms with E-state index in [0.29, 0.717) is 12.2 Å². The molecule has 2 heterocycles. The molecule has 22 heavy (non-hydrogen) atoms. The van der Waals surface area contributed by atoms with Crippen LogP contribution in [0.2, 0.25) is 0 Å². The second kappa shape index (κ2) is 5.89. The molecule has 2 saturated heterocycles. The van der Waals surface area contributed by atoms with Gasteiger partial charge in [-0.25, -0.2) is 0 Å². The van der Waals surface area contributed by atoms with E-state index in [0.717, 1.165) is 18.4 Å². The number of aliphatic hydroxyl groups excluding tert-OH is 1. The van der Waals surface area contributed by atoms with Crippen LogP contribution in [0.5, 0.6) is 5.75 Å². The van der Waals surface area contributed by atoms with Crippen LogP contribution in [0, 0.1) is 5.92 Å². The molecule has 0 aliphatic carbocycles. The largest absolute Gasteiger partial charge is 0.497 e. The lowest BCUT2D eigenvalue weighted by atomic mass is 9.87. The summed E-state index contributed by atoms with van der Waals surface area (Å²) in [6.45, 7) is 2.02. The van der Waals surface area contributed by atoms with Gasteiger partial charge in [-0.15, -0.1) is 0 Å². The van der Waals surface area contributed by atoms with Crippen LogP contribution in [0.3, 0.4) is 0 Å². The topological polar surface area (TPSA) is 70.0 Å². The molecule has 0 amide bonds. The van der Waals surface area contributed by atoms with Crippen molar-refractivity contribution < 1.29 is 19.7 Å². The maximum atomic E-state index is 12.0.